The third-order valence-electron chi connectivity index (χ3n) is 3.65. The fraction of sp³-hybridized carbons (Fsp3) is 0.857. The maximum atomic E-state index is 5.43. The third-order valence-corrected chi connectivity index (χ3v) is 3.65. The van der Waals surface area contributed by atoms with Gasteiger partial charge in [0.15, 0.2) is 5.82 Å². The fourth-order valence-electron chi connectivity index (χ4n) is 2.66. The van der Waals surface area contributed by atoms with Crippen LogP contribution < -0.4 is 5.32 Å². The van der Waals surface area contributed by atoms with Gasteiger partial charge in [0.1, 0.15) is 0 Å². The van der Waals surface area contributed by atoms with Gasteiger partial charge in [0.2, 0.25) is 5.89 Å². The van der Waals surface area contributed by atoms with Gasteiger partial charge < -0.3 is 14.6 Å². The highest BCUT2D eigenvalue weighted by atomic mass is 16.5. The van der Waals surface area contributed by atoms with E-state index in [4.69, 9.17) is 9.26 Å². The monoisotopic (exact) mass is 267 g/mol. The summed E-state index contributed by atoms with van der Waals surface area (Å²) in [6, 6.07) is 0.500. The Morgan fingerprint density at radius 2 is 2.26 bits per heavy atom. The molecule has 0 aromatic carbocycles. The molecule has 1 aliphatic rings. The maximum Gasteiger partial charge on any atom is 0.231 e. The van der Waals surface area contributed by atoms with E-state index in [-0.39, 0.29) is 0 Å². The first-order valence-corrected chi connectivity index (χ1v) is 7.48. The molecule has 0 saturated heterocycles. The van der Waals surface area contributed by atoms with Crippen molar-refractivity contribution in [3.8, 4) is 0 Å². The highest BCUT2D eigenvalue weighted by molar-refractivity contribution is 5.03. The van der Waals surface area contributed by atoms with E-state index >= 15 is 0 Å². The van der Waals surface area contributed by atoms with Crippen LogP contribution in [0.4, 0.5) is 0 Å². The highest BCUT2D eigenvalue weighted by Gasteiger charge is 2.32. The molecule has 5 nitrogen and oxygen atoms in total. The molecule has 2 rings (SSSR count). The van der Waals surface area contributed by atoms with Gasteiger partial charge in [-0.05, 0) is 32.7 Å². The van der Waals surface area contributed by atoms with Gasteiger partial charge in [0.05, 0.1) is 12.5 Å². The van der Waals surface area contributed by atoms with Crippen LogP contribution in [-0.2, 0) is 11.2 Å². The minimum atomic E-state index is 0.389. The van der Waals surface area contributed by atoms with Gasteiger partial charge in [-0.25, -0.2) is 0 Å². The van der Waals surface area contributed by atoms with Gasteiger partial charge >= 0.3 is 0 Å². The maximum absolute atomic E-state index is 5.43. The number of hydrogen-bond donors (Lipinski definition) is 1. The van der Waals surface area contributed by atoms with Crippen LogP contribution in [-0.4, -0.2) is 35.9 Å². The molecule has 1 heterocycles. The molecule has 0 aliphatic heterocycles. The molecule has 19 heavy (non-hydrogen) atoms. The zero-order valence-electron chi connectivity index (χ0n) is 12.0. The number of nitrogens with one attached hydrogen (secondary N) is 1. The van der Waals surface area contributed by atoms with E-state index in [1.807, 2.05) is 6.92 Å². The molecule has 5 heteroatoms. The van der Waals surface area contributed by atoms with Crippen LogP contribution in [0.5, 0.6) is 0 Å². The van der Waals surface area contributed by atoms with Gasteiger partial charge in [-0.3, -0.25) is 0 Å². The molecule has 1 saturated carbocycles. The van der Waals surface area contributed by atoms with Crippen molar-refractivity contribution in [3.05, 3.63) is 11.7 Å². The van der Waals surface area contributed by atoms with E-state index in [1.54, 1.807) is 0 Å². The summed E-state index contributed by atoms with van der Waals surface area (Å²) in [5.41, 5.74) is 0. The van der Waals surface area contributed by atoms with Gasteiger partial charge in [0, 0.05) is 19.1 Å². The molecule has 0 bridgehead atoms. The van der Waals surface area contributed by atoms with Crippen LogP contribution in [0.15, 0.2) is 4.52 Å². The molecule has 2 atom stereocenters. The Bertz CT molecular complexity index is 367. The van der Waals surface area contributed by atoms with Crippen molar-refractivity contribution in [3.63, 3.8) is 0 Å². The zero-order valence-corrected chi connectivity index (χ0v) is 12.0. The van der Waals surface area contributed by atoms with Gasteiger partial charge in [0.25, 0.3) is 0 Å². The predicted molar refractivity (Wildman–Crippen MR) is 73.2 cm³/mol. The summed E-state index contributed by atoms with van der Waals surface area (Å²) in [6.07, 6.45) is 5.49. The number of hydrogen-bond acceptors (Lipinski definition) is 5. The van der Waals surface area contributed by atoms with Crippen LogP contribution in [0.3, 0.4) is 0 Å². The Balaban J connectivity index is 1.89. The lowest BCUT2D eigenvalue weighted by molar-refractivity contribution is 0.149. The molecular formula is C14H25N3O2. The second-order valence-electron chi connectivity index (χ2n) is 5.09. The lowest BCUT2D eigenvalue weighted by Crippen LogP contribution is -2.31. The lowest BCUT2D eigenvalue weighted by atomic mass is 10.0. The lowest BCUT2D eigenvalue weighted by Gasteiger charge is -2.17. The summed E-state index contributed by atoms with van der Waals surface area (Å²) in [5.74, 6) is 1.96. The van der Waals surface area contributed by atoms with E-state index in [9.17, 15) is 0 Å². The topological polar surface area (TPSA) is 60.2 Å². The molecule has 1 aromatic rings. The molecule has 1 aliphatic carbocycles. The quantitative estimate of drug-likeness (QED) is 0.732. The Kier molecular flexibility index (Phi) is 5.79. The zero-order chi connectivity index (χ0) is 13.5. The fourth-order valence-corrected chi connectivity index (χ4v) is 2.66. The Labute approximate surface area is 115 Å². The van der Waals surface area contributed by atoms with Crippen molar-refractivity contribution >= 4 is 0 Å². The summed E-state index contributed by atoms with van der Waals surface area (Å²) in [7, 11) is 0. The van der Waals surface area contributed by atoms with Gasteiger partial charge in [-0.2, -0.15) is 4.98 Å². The summed E-state index contributed by atoms with van der Waals surface area (Å²) in [5, 5.41) is 7.64. The summed E-state index contributed by atoms with van der Waals surface area (Å²) >= 11 is 0. The average molecular weight is 267 g/mol. The van der Waals surface area contributed by atoms with Crippen LogP contribution in [0.2, 0.25) is 0 Å². The van der Waals surface area contributed by atoms with Crippen molar-refractivity contribution in [2.75, 3.05) is 19.8 Å². The smallest absolute Gasteiger partial charge is 0.231 e. The molecule has 0 amide bonds. The SMILES string of the molecule is CCCNC1CCCC1c1nc(CCOCC)no1. The third kappa shape index (κ3) is 4.01. The Hall–Kier alpha value is -0.940. The van der Waals surface area contributed by atoms with E-state index in [0.717, 1.165) is 44.1 Å². The number of ether oxygens (including phenoxy) is 1. The van der Waals surface area contributed by atoms with E-state index in [1.165, 1.54) is 12.8 Å². The first-order valence-electron chi connectivity index (χ1n) is 7.48. The largest absolute Gasteiger partial charge is 0.381 e. The average Bonchev–Trinajstić information content (AvgIpc) is 3.05. The second kappa shape index (κ2) is 7.60. The van der Waals surface area contributed by atoms with E-state index in [2.05, 4.69) is 22.4 Å². The van der Waals surface area contributed by atoms with Crippen molar-refractivity contribution in [1.29, 1.82) is 0 Å². The van der Waals surface area contributed by atoms with E-state index < -0.39 is 0 Å². The summed E-state index contributed by atoms with van der Waals surface area (Å²) < 4.78 is 10.7. The molecular weight excluding hydrogens is 242 g/mol. The Morgan fingerprint density at radius 1 is 1.37 bits per heavy atom. The van der Waals surface area contributed by atoms with Crippen molar-refractivity contribution in [2.24, 2.45) is 0 Å². The number of nitrogens with zero attached hydrogens (tertiary/aromatic N) is 2. The molecule has 2 unspecified atom stereocenters. The molecule has 0 spiro atoms. The van der Waals surface area contributed by atoms with Gasteiger partial charge in [-0.15, -0.1) is 0 Å². The first-order chi connectivity index (χ1) is 9.35. The minimum absolute atomic E-state index is 0.389. The predicted octanol–water partition coefficient (Wildman–Crippen LogP) is 2.28. The number of rotatable bonds is 8. The van der Waals surface area contributed by atoms with Crippen molar-refractivity contribution in [2.45, 2.75) is 57.9 Å². The molecule has 0 radical (unpaired) electrons. The highest BCUT2D eigenvalue weighted by Crippen LogP contribution is 2.33. The van der Waals surface area contributed by atoms with Crippen LogP contribution in [0.1, 0.15) is 57.2 Å². The van der Waals surface area contributed by atoms with Crippen LogP contribution >= 0.6 is 0 Å². The molecule has 1 fully saturated rings. The van der Waals surface area contributed by atoms with Crippen LogP contribution in [0, 0.1) is 0 Å². The molecule has 1 N–H and O–H groups in total. The standard InChI is InChI=1S/C14H25N3O2/c1-3-9-15-12-7-5-6-11(12)14-16-13(17-19-14)8-10-18-4-2/h11-12,15H,3-10H2,1-2H3. The summed E-state index contributed by atoms with van der Waals surface area (Å²) in [4.78, 5) is 4.52. The Morgan fingerprint density at radius 3 is 3.05 bits per heavy atom. The van der Waals surface area contributed by atoms with Crippen LogP contribution in [0.25, 0.3) is 0 Å². The molecule has 1 aromatic heterocycles. The van der Waals surface area contributed by atoms with Crippen molar-refractivity contribution in [1.82, 2.24) is 15.5 Å². The first kappa shape index (κ1) is 14.5. The normalized spacial score (nSPS) is 23.1. The minimum Gasteiger partial charge on any atom is -0.381 e. The van der Waals surface area contributed by atoms with Crippen molar-refractivity contribution < 1.29 is 9.26 Å². The number of aromatic nitrogens is 2. The second-order valence-corrected chi connectivity index (χ2v) is 5.09. The molecule has 108 valence electrons. The van der Waals surface area contributed by atoms with E-state index in [0.29, 0.717) is 18.6 Å². The van der Waals surface area contributed by atoms with Gasteiger partial charge in [-0.1, -0.05) is 18.5 Å². The summed E-state index contributed by atoms with van der Waals surface area (Å²) in [6.45, 7) is 6.64.